The molecular formula is C16H23N3O4S. The van der Waals surface area contributed by atoms with E-state index in [0.717, 1.165) is 35.8 Å². The van der Waals surface area contributed by atoms with Gasteiger partial charge in [-0.15, -0.1) is 0 Å². The summed E-state index contributed by atoms with van der Waals surface area (Å²) in [5.41, 5.74) is 2.03. The van der Waals surface area contributed by atoms with Crippen molar-refractivity contribution in [3.63, 3.8) is 0 Å². The molecule has 0 bridgehead atoms. The highest BCUT2D eigenvalue weighted by atomic mass is 32.2. The molecule has 0 spiro atoms. The van der Waals surface area contributed by atoms with Gasteiger partial charge in [0.15, 0.2) is 0 Å². The molecule has 24 heavy (non-hydrogen) atoms. The second-order valence-electron chi connectivity index (χ2n) is 5.46. The van der Waals surface area contributed by atoms with Crippen LogP contribution in [0.2, 0.25) is 0 Å². The van der Waals surface area contributed by atoms with E-state index in [0.29, 0.717) is 0 Å². The van der Waals surface area contributed by atoms with Crippen molar-refractivity contribution < 1.29 is 19.1 Å². The van der Waals surface area contributed by atoms with Gasteiger partial charge in [-0.1, -0.05) is 11.8 Å². The van der Waals surface area contributed by atoms with Gasteiger partial charge in [0.1, 0.15) is 16.6 Å². The third-order valence-electron chi connectivity index (χ3n) is 3.61. The Hall–Kier alpha value is -1.67. The van der Waals surface area contributed by atoms with Gasteiger partial charge in [-0.05, 0) is 20.9 Å². The Kier molecular flexibility index (Phi) is 6.99. The Morgan fingerprint density at radius 2 is 2.04 bits per heavy atom. The third-order valence-corrected chi connectivity index (χ3v) is 4.83. The summed E-state index contributed by atoms with van der Waals surface area (Å²) in [7, 11) is 2.03. The molecular weight excluding hydrogens is 330 g/mol. The first-order valence-corrected chi connectivity index (χ1v) is 8.93. The maximum absolute atomic E-state index is 12.2. The number of likely N-dealkylation sites (N-methyl/N-ethyl adjacent to an activating group) is 1. The van der Waals surface area contributed by atoms with Crippen molar-refractivity contribution in [3.8, 4) is 0 Å². The van der Waals surface area contributed by atoms with E-state index < -0.39 is 17.2 Å². The normalized spacial score (nSPS) is 15.5. The van der Waals surface area contributed by atoms with Crippen LogP contribution in [0.1, 0.15) is 31.5 Å². The number of hydrogen-bond donors (Lipinski definition) is 0. The molecule has 1 aliphatic heterocycles. The van der Waals surface area contributed by atoms with Crippen LogP contribution in [0.3, 0.4) is 0 Å². The van der Waals surface area contributed by atoms with Gasteiger partial charge in [-0.3, -0.25) is 9.59 Å². The van der Waals surface area contributed by atoms with Gasteiger partial charge in [-0.2, -0.15) is 0 Å². The Morgan fingerprint density at radius 3 is 2.75 bits per heavy atom. The molecule has 7 nitrogen and oxygen atoms in total. The Morgan fingerprint density at radius 1 is 1.29 bits per heavy atom. The van der Waals surface area contributed by atoms with E-state index in [9.17, 15) is 9.59 Å². The molecule has 8 heteroatoms. The highest BCUT2D eigenvalue weighted by Crippen LogP contribution is 2.31. The quantitative estimate of drug-likeness (QED) is 0.414. The minimum Gasteiger partial charge on any atom is -0.466 e. The first kappa shape index (κ1) is 18.7. The number of rotatable bonds is 7. The van der Waals surface area contributed by atoms with Crippen molar-refractivity contribution in [2.75, 3.05) is 26.8 Å². The molecule has 0 aromatic carbocycles. The zero-order valence-electron chi connectivity index (χ0n) is 14.3. The van der Waals surface area contributed by atoms with E-state index >= 15 is 0 Å². The second-order valence-corrected chi connectivity index (χ2v) is 6.65. The molecule has 0 amide bonds. The highest BCUT2D eigenvalue weighted by Gasteiger charge is 2.28. The molecule has 0 fully saturated rings. The predicted molar refractivity (Wildman–Crippen MR) is 89.6 cm³/mol. The van der Waals surface area contributed by atoms with Gasteiger partial charge in [0, 0.05) is 25.1 Å². The van der Waals surface area contributed by atoms with E-state index in [1.165, 1.54) is 18.1 Å². The van der Waals surface area contributed by atoms with Gasteiger partial charge in [0.2, 0.25) is 0 Å². The Labute approximate surface area is 146 Å². The van der Waals surface area contributed by atoms with Gasteiger partial charge in [-0.25, -0.2) is 9.97 Å². The van der Waals surface area contributed by atoms with Gasteiger partial charge in [0.25, 0.3) is 0 Å². The molecule has 0 radical (unpaired) electrons. The van der Waals surface area contributed by atoms with Crippen LogP contribution < -0.4 is 0 Å². The van der Waals surface area contributed by atoms with Crippen molar-refractivity contribution in [3.05, 3.63) is 17.6 Å². The second kappa shape index (κ2) is 8.98. The van der Waals surface area contributed by atoms with Crippen LogP contribution in [0.4, 0.5) is 0 Å². The van der Waals surface area contributed by atoms with Crippen molar-refractivity contribution in [2.24, 2.45) is 0 Å². The van der Waals surface area contributed by atoms with Crippen molar-refractivity contribution in [1.29, 1.82) is 0 Å². The van der Waals surface area contributed by atoms with Crippen LogP contribution in [-0.4, -0.2) is 58.9 Å². The summed E-state index contributed by atoms with van der Waals surface area (Å²) < 4.78 is 10.1. The SMILES string of the molecule is CCOC(=O)CC(Sc1ncnc2c1CN(C)CC2)C(=O)OCC. The van der Waals surface area contributed by atoms with Crippen LogP contribution in [0.25, 0.3) is 0 Å². The van der Waals surface area contributed by atoms with E-state index in [2.05, 4.69) is 14.9 Å². The fourth-order valence-electron chi connectivity index (χ4n) is 2.47. The number of carbonyl (C=O) groups is 2. The number of nitrogens with zero attached hydrogens (tertiary/aromatic N) is 3. The maximum atomic E-state index is 12.2. The summed E-state index contributed by atoms with van der Waals surface area (Å²) in [4.78, 5) is 34.9. The lowest BCUT2D eigenvalue weighted by Gasteiger charge is -2.26. The summed E-state index contributed by atoms with van der Waals surface area (Å²) in [5.74, 6) is -0.838. The molecule has 0 saturated carbocycles. The zero-order chi connectivity index (χ0) is 17.5. The molecule has 132 valence electrons. The van der Waals surface area contributed by atoms with Gasteiger partial charge >= 0.3 is 11.9 Å². The summed E-state index contributed by atoms with van der Waals surface area (Å²) >= 11 is 1.25. The third kappa shape index (κ3) is 4.91. The lowest BCUT2D eigenvalue weighted by Crippen LogP contribution is -2.29. The molecule has 2 heterocycles. The molecule has 0 saturated heterocycles. The average Bonchev–Trinajstić information content (AvgIpc) is 2.55. The molecule has 2 rings (SSSR count). The first-order chi connectivity index (χ1) is 11.5. The molecule has 0 aliphatic carbocycles. The first-order valence-electron chi connectivity index (χ1n) is 8.05. The van der Waals surface area contributed by atoms with Gasteiger partial charge in [0.05, 0.1) is 25.3 Å². The lowest BCUT2D eigenvalue weighted by atomic mass is 10.1. The number of thioether (sulfide) groups is 1. The van der Waals surface area contributed by atoms with Crippen molar-refractivity contribution >= 4 is 23.7 Å². The lowest BCUT2D eigenvalue weighted by molar-refractivity contribution is -0.149. The summed E-state index contributed by atoms with van der Waals surface area (Å²) in [6.45, 7) is 5.70. The fraction of sp³-hybridized carbons (Fsp3) is 0.625. The molecule has 1 atom stereocenters. The van der Waals surface area contributed by atoms with E-state index in [-0.39, 0.29) is 19.6 Å². The largest absolute Gasteiger partial charge is 0.466 e. The number of ether oxygens (including phenoxy) is 2. The number of fused-ring (bicyclic) bond motifs is 1. The molecule has 0 N–H and O–H groups in total. The molecule has 1 unspecified atom stereocenters. The molecule has 1 aromatic heterocycles. The number of esters is 2. The summed E-state index contributed by atoms with van der Waals surface area (Å²) in [6, 6.07) is 0. The summed E-state index contributed by atoms with van der Waals surface area (Å²) in [5, 5.41) is 0.0594. The minimum atomic E-state index is -0.671. The van der Waals surface area contributed by atoms with Crippen LogP contribution in [0.5, 0.6) is 0 Å². The number of hydrogen-bond acceptors (Lipinski definition) is 8. The Bertz CT molecular complexity index is 597. The van der Waals surface area contributed by atoms with E-state index in [1.807, 2.05) is 7.05 Å². The van der Waals surface area contributed by atoms with Crippen molar-refractivity contribution in [1.82, 2.24) is 14.9 Å². The summed E-state index contributed by atoms with van der Waals surface area (Å²) in [6.07, 6.45) is 2.33. The maximum Gasteiger partial charge on any atom is 0.320 e. The predicted octanol–water partition coefficient (Wildman–Crippen LogP) is 1.44. The monoisotopic (exact) mass is 353 g/mol. The molecule has 1 aliphatic rings. The molecule has 1 aromatic rings. The number of carbonyl (C=O) groups excluding carboxylic acids is 2. The van der Waals surface area contributed by atoms with Crippen LogP contribution in [0.15, 0.2) is 11.4 Å². The smallest absolute Gasteiger partial charge is 0.320 e. The van der Waals surface area contributed by atoms with Gasteiger partial charge < -0.3 is 14.4 Å². The van der Waals surface area contributed by atoms with Crippen LogP contribution >= 0.6 is 11.8 Å². The van der Waals surface area contributed by atoms with E-state index in [4.69, 9.17) is 9.47 Å². The topological polar surface area (TPSA) is 81.6 Å². The minimum absolute atomic E-state index is 0.0358. The van der Waals surface area contributed by atoms with E-state index in [1.54, 1.807) is 13.8 Å². The zero-order valence-corrected chi connectivity index (χ0v) is 15.1. The van der Waals surface area contributed by atoms with Crippen LogP contribution in [0, 0.1) is 0 Å². The Balaban J connectivity index is 2.19. The fourth-order valence-corrected chi connectivity index (χ4v) is 3.55. The highest BCUT2D eigenvalue weighted by molar-refractivity contribution is 8.00. The number of aromatic nitrogens is 2. The average molecular weight is 353 g/mol. The van der Waals surface area contributed by atoms with Crippen LogP contribution in [-0.2, 0) is 32.0 Å². The standard InChI is InChI=1S/C16H23N3O4S/c1-4-22-14(20)8-13(16(21)23-5-2)24-15-11-9-19(3)7-6-12(11)17-10-18-15/h10,13H,4-9H2,1-3H3. The van der Waals surface area contributed by atoms with Crippen molar-refractivity contribution in [2.45, 2.75) is 43.5 Å².